The number of carboxylic acid groups (broad SMARTS) is 1. The van der Waals surface area contributed by atoms with E-state index in [0.717, 1.165) is 11.8 Å². The van der Waals surface area contributed by atoms with Crippen LogP contribution in [0.1, 0.15) is 5.56 Å². The molecule has 0 aliphatic rings. The zero-order chi connectivity index (χ0) is 14.4. The summed E-state index contributed by atoms with van der Waals surface area (Å²) in [5, 5.41) is 21.7. The quantitative estimate of drug-likeness (QED) is 0.607. The number of amides is 1. The molecular formula is C11H12N2O5S. The molecule has 2 N–H and O–H groups in total. The van der Waals surface area contributed by atoms with Crippen LogP contribution in [0.2, 0.25) is 0 Å². The van der Waals surface area contributed by atoms with E-state index in [1.165, 1.54) is 12.1 Å². The second kappa shape index (κ2) is 6.74. The number of carbonyl (C=O) groups excluding carboxylic acids is 1. The van der Waals surface area contributed by atoms with Gasteiger partial charge in [-0.25, -0.2) is 0 Å². The molecule has 1 rings (SSSR count). The van der Waals surface area contributed by atoms with Gasteiger partial charge in [-0.1, -0.05) is 6.07 Å². The van der Waals surface area contributed by atoms with Gasteiger partial charge in [0, 0.05) is 6.07 Å². The average molecular weight is 284 g/mol. The van der Waals surface area contributed by atoms with Gasteiger partial charge in [-0.15, -0.1) is 11.8 Å². The van der Waals surface area contributed by atoms with E-state index in [1.54, 1.807) is 13.0 Å². The molecule has 0 aromatic heterocycles. The van der Waals surface area contributed by atoms with Crippen LogP contribution in [0.5, 0.6) is 0 Å². The summed E-state index contributed by atoms with van der Waals surface area (Å²) in [6.45, 7) is 1.71. The first-order chi connectivity index (χ1) is 8.90. The van der Waals surface area contributed by atoms with E-state index < -0.39 is 16.8 Å². The summed E-state index contributed by atoms with van der Waals surface area (Å²) in [5.74, 6) is -1.75. The van der Waals surface area contributed by atoms with Crippen LogP contribution in [0.3, 0.4) is 0 Å². The maximum Gasteiger partial charge on any atom is 0.313 e. The van der Waals surface area contributed by atoms with Gasteiger partial charge in [-0.05, 0) is 18.6 Å². The van der Waals surface area contributed by atoms with Crippen LogP contribution in [0.4, 0.5) is 11.4 Å². The SMILES string of the molecule is Cc1ccc(NC(=O)CSCC(=O)O)c([N+](=O)[O-])c1. The molecule has 0 aliphatic carbocycles. The molecule has 1 aromatic rings. The topological polar surface area (TPSA) is 110 Å². The van der Waals surface area contributed by atoms with Crippen LogP contribution in [0.15, 0.2) is 18.2 Å². The zero-order valence-electron chi connectivity index (χ0n) is 10.1. The van der Waals surface area contributed by atoms with Gasteiger partial charge in [0.25, 0.3) is 5.69 Å². The van der Waals surface area contributed by atoms with Crippen molar-refractivity contribution in [1.29, 1.82) is 0 Å². The van der Waals surface area contributed by atoms with Crippen LogP contribution < -0.4 is 5.32 Å². The van der Waals surface area contributed by atoms with Crippen molar-refractivity contribution in [1.82, 2.24) is 0 Å². The number of carboxylic acids is 1. The number of nitrogens with one attached hydrogen (secondary N) is 1. The van der Waals surface area contributed by atoms with Crippen molar-refractivity contribution in [3.05, 3.63) is 33.9 Å². The Morgan fingerprint density at radius 1 is 1.42 bits per heavy atom. The first kappa shape index (κ1) is 15.0. The van der Waals surface area contributed by atoms with E-state index in [9.17, 15) is 19.7 Å². The highest BCUT2D eigenvalue weighted by Gasteiger charge is 2.16. The van der Waals surface area contributed by atoms with Crippen molar-refractivity contribution in [2.75, 3.05) is 16.8 Å². The number of rotatable bonds is 6. The predicted octanol–water partition coefficient (Wildman–Crippen LogP) is 1.66. The highest BCUT2D eigenvalue weighted by molar-refractivity contribution is 8.00. The molecule has 0 radical (unpaired) electrons. The fourth-order valence-electron chi connectivity index (χ4n) is 1.32. The molecule has 8 heteroatoms. The fraction of sp³-hybridized carbons (Fsp3) is 0.273. The summed E-state index contributed by atoms with van der Waals surface area (Å²) in [7, 11) is 0. The number of anilines is 1. The van der Waals surface area contributed by atoms with E-state index in [0.29, 0.717) is 5.56 Å². The van der Waals surface area contributed by atoms with Gasteiger partial charge in [-0.2, -0.15) is 0 Å². The summed E-state index contributed by atoms with van der Waals surface area (Å²) < 4.78 is 0. The molecule has 0 aliphatic heterocycles. The lowest BCUT2D eigenvalue weighted by molar-refractivity contribution is -0.384. The fourth-order valence-corrected chi connectivity index (χ4v) is 1.85. The Balaban J connectivity index is 2.68. The molecular weight excluding hydrogens is 272 g/mol. The minimum absolute atomic E-state index is 0.0721. The number of aryl methyl sites for hydroxylation is 1. The molecule has 7 nitrogen and oxygen atoms in total. The minimum atomic E-state index is -1.01. The van der Waals surface area contributed by atoms with Crippen LogP contribution >= 0.6 is 11.8 Å². The van der Waals surface area contributed by atoms with Crippen LogP contribution in [-0.4, -0.2) is 33.4 Å². The predicted molar refractivity (Wildman–Crippen MR) is 71.4 cm³/mol. The first-order valence-electron chi connectivity index (χ1n) is 5.24. The van der Waals surface area contributed by atoms with Crippen molar-refractivity contribution < 1.29 is 19.6 Å². The second-order valence-corrected chi connectivity index (χ2v) is 4.70. The molecule has 0 saturated carbocycles. The third kappa shape index (κ3) is 4.96. The van der Waals surface area contributed by atoms with Gasteiger partial charge in [0.05, 0.1) is 16.4 Å². The highest BCUT2D eigenvalue weighted by atomic mass is 32.2. The minimum Gasteiger partial charge on any atom is -0.481 e. The van der Waals surface area contributed by atoms with Crippen molar-refractivity contribution >= 4 is 35.0 Å². The smallest absolute Gasteiger partial charge is 0.313 e. The van der Waals surface area contributed by atoms with E-state index >= 15 is 0 Å². The molecule has 0 spiro atoms. The molecule has 1 amide bonds. The van der Waals surface area contributed by atoms with E-state index in [4.69, 9.17) is 5.11 Å². The standard InChI is InChI=1S/C11H12N2O5S/c1-7-2-3-8(9(4-7)13(17)18)12-10(14)5-19-6-11(15)16/h2-4H,5-6H2,1H3,(H,12,14)(H,15,16). The van der Waals surface area contributed by atoms with Gasteiger partial charge < -0.3 is 10.4 Å². The number of nitro benzene ring substituents is 1. The van der Waals surface area contributed by atoms with E-state index in [-0.39, 0.29) is 22.9 Å². The number of nitrogens with zero attached hydrogens (tertiary/aromatic N) is 1. The van der Waals surface area contributed by atoms with Crippen LogP contribution in [0.25, 0.3) is 0 Å². The number of hydrogen-bond donors (Lipinski definition) is 2. The number of aliphatic carboxylic acids is 1. The largest absolute Gasteiger partial charge is 0.481 e. The molecule has 0 atom stereocenters. The Labute approximate surface area is 113 Å². The molecule has 102 valence electrons. The van der Waals surface area contributed by atoms with E-state index in [1.807, 2.05) is 0 Å². The lowest BCUT2D eigenvalue weighted by atomic mass is 10.2. The molecule has 0 heterocycles. The molecule has 0 bridgehead atoms. The molecule has 19 heavy (non-hydrogen) atoms. The van der Waals surface area contributed by atoms with Gasteiger partial charge >= 0.3 is 5.97 Å². The Kier molecular flexibility index (Phi) is 5.31. The van der Waals surface area contributed by atoms with Crippen LogP contribution in [-0.2, 0) is 9.59 Å². The number of thioether (sulfide) groups is 1. The maximum absolute atomic E-state index is 11.5. The van der Waals surface area contributed by atoms with Gasteiger partial charge in [0.15, 0.2) is 0 Å². The van der Waals surface area contributed by atoms with Crippen molar-refractivity contribution in [2.45, 2.75) is 6.92 Å². The maximum atomic E-state index is 11.5. The van der Waals surface area contributed by atoms with Crippen molar-refractivity contribution in [3.63, 3.8) is 0 Å². The molecule has 0 fully saturated rings. The third-order valence-electron chi connectivity index (χ3n) is 2.08. The Hall–Kier alpha value is -2.09. The number of benzene rings is 1. The average Bonchev–Trinajstić information content (AvgIpc) is 2.30. The number of hydrogen-bond acceptors (Lipinski definition) is 5. The van der Waals surface area contributed by atoms with E-state index in [2.05, 4.69) is 5.32 Å². The summed E-state index contributed by atoms with van der Waals surface area (Å²) in [4.78, 5) is 32.0. The third-order valence-corrected chi connectivity index (χ3v) is 3.00. The Morgan fingerprint density at radius 2 is 2.11 bits per heavy atom. The van der Waals surface area contributed by atoms with Crippen LogP contribution in [0, 0.1) is 17.0 Å². The summed E-state index contributed by atoms with van der Waals surface area (Å²) in [6.07, 6.45) is 0. The number of carbonyl (C=O) groups is 2. The highest BCUT2D eigenvalue weighted by Crippen LogP contribution is 2.25. The summed E-state index contributed by atoms with van der Waals surface area (Å²) >= 11 is 0.925. The van der Waals surface area contributed by atoms with Crippen molar-refractivity contribution in [3.8, 4) is 0 Å². The molecule has 0 saturated heterocycles. The molecule has 1 aromatic carbocycles. The monoisotopic (exact) mass is 284 g/mol. The lowest BCUT2D eigenvalue weighted by Gasteiger charge is -2.06. The normalized spacial score (nSPS) is 9.95. The first-order valence-corrected chi connectivity index (χ1v) is 6.40. The lowest BCUT2D eigenvalue weighted by Crippen LogP contribution is -2.16. The van der Waals surface area contributed by atoms with Gasteiger partial charge in [0.2, 0.25) is 5.91 Å². The number of nitro groups is 1. The molecule has 0 unspecified atom stereocenters. The van der Waals surface area contributed by atoms with Crippen molar-refractivity contribution in [2.24, 2.45) is 0 Å². The summed E-state index contributed by atoms with van der Waals surface area (Å²) in [6, 6.07) is 4.46. The Bertz CT molecular complexity index is 518. The van der Waals surface area contributed by atoms with Gasteiger partial charge in [-0.3, -0.25) is 19.7 Å². The zero-order valence-corrected chi connectivity index (χ0v) is 10.9. The second-order valence-electron chi connectivity index (χ2n) is 3.71. The van der Waals surface area contributed by atoms with Gasteiger partial charge in [0.1, 0.15) is 5.69 Å². The Morgan fingerprint density at radius 3 is 2.68 bits per heavy atom. The summed E-state index contributed by atoms with van der Waals surface area (Å²) in [5.41, 5.74) is 0.637.